The molecule has 0 bridgehead atoms. The molecule has 0 aromatic heterocycles. The summed E-state index contributed by atoms with van der Waals surface area (Å²) in [5.74, 6) is 0. The van der Waals surface area contributed by atoms with Gasteiger partial charge in [-0.25, -0.2) is 8.57 Å². The second kappa shape index (κ2) is 7.25. The van der Waals surface area contributed by atoms with Crippen molar-refractivity contribution in [2.24, 2.45) is 0 Å². The molecule has 9 heteroatoms. The molecule has 0 rings (SSSR count). The van der Waals surface area contributed by atoms with Gasteiger partial charge in [-0.2, -0.15) is 21.6 Å². The van der Waals surface area contributed by atoms with Gasteiger partial charge in [-0.05, 0) is 6.42 Å². The standard InChI is InChI=1S/C9H16F4O4S/c1-2-3-4-5-7(17-18(14,15)16)6-8(10)9(11,12)13/h7-8H,2-6H2,1H3,(H,14,15,16). The van der Waals surface area contributed by atoms with Gasteiger partial charge in [-0.15, -0.1) is 0 Å². The number of hydrogen-bond donors (Lipinski definition) is 1. The van der Waals surface area contributed by atoms with Gasteiger partial charge in [-0.3, -0.25) is 4.55 Å². The maximum Gasteiger partial charge on any atom is 0.419 e. The van der Waals surface area contributed by atoms with Crippen molar-refractivity contribution in [3.8, 4) is 0 Å². The molecule has 1 N–H and O–H groups in total. The van der Waals surface area contributed by atoms with Crippen molar-refractivity contribution in [3.63, 3.8) is 0 Å². The fourth-order valence-corrected chi connectivity index (χ4v) is 1.88. The lowest BCUT2D eigenvalue weighted by Gasteiger charge is -2.19. The molecule has 0 aliphatic carbocycles. The molecule has 0 aromatic carbocycles. The Hall–Kier alpha value is -0.410. The molecule has 0 fully saturated rings. The Labute approximate surface area is 103 Å². The van der Waals surface area contributed by atoms with Crippen molar-refractivity contribution in [2.75, 3.05) is 0 Å². The van der Waals surface area contributed by atoms with Gasteiger partial charge < -0.3 is 0 Å². The Balaban J connectivity index is 4.47. The van der Waals surface area contributed by atoms with E-state index < -0.39 is 35.3 Å². The number of hydrogen-bond acceptors (Lipinski definition) is 3. The van der Waals surface area contributed by atoms with Gasteiger partial charge in [0.05, 0.1) is 6.10 Å². The first-order valence-electron chi connectivity index (χ1n) is 5.42. The van der Waals surface area contributed by atoms with E-state index in [1.165, 1.54) is 0 Å². The molecule has 0 aliphatic heterocycles. The Morgan fingerprint density at radius 2 is 1.83 bits per heavy atom. The monoisotopic (exact) mass is 296 g/mol. The third-order valence-electron chi connectivity index (χ3n) is 2.21. The first-order chi connectivity index (χ1) is 8.06. The summed E-state index contributed by atoms with van der Waals surface area (Å²) in [4.78, 5) is 0. The zero-order valence-electron chi connectivity index (χ0n) is 9.78. The van der Waals surface area contributed by atoms with Crippen LogP contribution in [0.1, 0.15) is 39.0 Å². The average Bonchev–Trinajstić information content (AvgIpc) is 2.13. The van der Waals surface area contributed by atoms with E-state index in [0.717, 1.165) is 6.42 Å². The van der Waals surface area contributed by atoms with Gasteiger partial charge in [0, 0.05) is 6.42 Å². The minimum Gasteiger partial charge on any atom is -0.264 e. The Bertz CT molecular complexity index is 328. The molecule has 4 nitrogen and oxygen atoms in total. The van der Waals surface area contributed by atoms with Crippen LogP contribution in [-0.2, 0) is 14.6 Å². The van der Waals surface area contributed by atoms with E-state index in [1.54, 1.807) is 0 Å². The lowest BCUT2D eigenvalue weighted by Crippen LogP contribution is -2.31. The predicted molar refractivity (Wildman–Crippen MR) is 56.1 cm³/mol. The number of rotatable bonds is 8. The van der Waals surface area contributed by atoms with E-state index in [2.05, 4.69) is 4.18 Å². The molecule has 0 aliphatic rings. The molecular weight excluding hydrogens is 280 g/mol. The smallest absolute Gasteiger partial charge is 0.264 e. The van der Waals surface area contributed by atoms with Crippen molar-refractivity contribution in [1.82, 2.24) is 0 Å². The number of halogens is 4. The van der Waals surface area contributed by atoms with Crippen molar-refractivity contribution in [3.05, 3.63) is 0 Å². The van der Waals surface area contributed by atoms with Crippen LogP contribution in [0.4, 0.5) is 17.6 Å². The molecule has 0 saturated heterocycles. The average molecular weight is 296 g/mol. The summed E-state index contributed by atoms with van der Waals surface area (Å²) in [7, 11) is -4.89. The molecule has 110 valence electrons. The summed E-state index contributed by atoms with van der Waals surface area (Å²) >= 11 is 0. The summed E-state index contributed by atoms with van der Waals surface area (Å²) in [6, 6.07) is 0. The molecule has 0 heterocycles. The lowest BCUT2D eigenvalue weighted by atomic mass is 10.1. The van der Waals surface area contributed by atoms with Crippen LogP contribution in [0, 0.1) is 0 Å². The summed E-state index contributed by atoms with van der Waals surface area (Å²) in [6.07, 6.45) is -9.16. The van der Waals surface area contributed by atoms with E-state index in [1.807, 2.05) is 6.92 Å². The molecular formula is C9H16F4O4S. The van der Waals surface area contributed by atoms with Crippen molar-refractivity contribution >= 4 is 10.4 Å². The summed E-state index contributed by atoms with van der Waals surface area (Å²) in [5.41, 5.74) is 0. The Kier molecular flexibility index (Phi) is 7.08. The van der Waals surface area contributed by atoms with Crippen LogP contribution in [-0.4, -0.2) is 31.4 Å². The van der Waals surface area contributed by atoms with Crippen LogP contribution in [0.3, 0.4) is 0 Å². The third kappa shape index (κ3) is 8.65. The van der Waals surface area contributed by atoms with Crippen LogP contribution < -0.4 is 0 Å². The number of unbranched alkanes of at least 4 members (excludes halogenated alkanes) is 2. The molecule has 0 spiro atoms. The minimum atomic E-state index is -5.06. The molecule has 0 aromatic rings. The van der Waals surface area contributed by atoms with Gasteiger partial charge in [0.1, 0.15) is 0 Å². The largest absolute Gasteiger partial charge is 0.419 e. The predicted octanol–water partition coefficient (Wildman–Crippen LogP) is 3.05. The minimum absolute atomic E-state index is 0.0653. The molecule has 2 unspecified atom stereocenters. The highest BCUT2D eigenvalue weighted by molar-refractivity contribution is 7.80. The number of alkyl halides is 4. The molecule has 2 atom stereocenters. The van der Waals surface area contributed by atoms with E-state index in [-0.39, 0.29) is 6.42 Å². The van der Waals surface area contributed by atoms with Crippen molar-refractivity contribution in [1.29, 1.82) is 0 Å². The fraction of sp³-hybridized carbons (Fsp3) is 1.00. The van der Waals surface area contributed by atoms with Crippen LogP contribution >= 0.6 is 0 Å². The second-order valence-corrected chi connectivity index (χ2v) is 4.93. The highest BCUT2D eigenvalue weighted by atomic mass is 32.3. The highest BCUT2D eigenvalue weighted by Gasteiger charge is 2.42. The molecule has 0 amide bonds. The highest BCUT2D eigenvalue weighted by Crippen LogP contribution is 2.28. The van der Waals surface area contributed by atoms with Crippen molar-refractivity contribution in [2.45, 2.75) is 57.5 Å². The Morgan fingerprint density at radius 3 is 2.22 bits per heavy atom. The molecule has 0 saturated carbocycles. The summed E-state index contributed by atoms with van der Waals surface area (Å²) in [6.45, 7) is 1.84. The zero-order valence-corrected chi connectivity index (χ0v) is 10.6. The van der Waals surface area contributed by atoms with E-state index >= 15 is 0 Å². The molecule has 0 radical (unpaired) electrons. The second-order valence-electron chi connectivity index (χ2n) is 3.89. The summed E-state index contributed by atoms with van der Waals surface area (Å²) < 4.78 is 82.0. The van der Waals surface area contributed by atoms with Gasteiger partial charge in [0.2, 0.25) is 0 Å². The topological polar surface area (TPSA) is 63.6 Å². The SMILES string of the molecule is CCCCCC(CC(F)C(F)(F)F)OS(=O)(=O)O. The third-order valence-corrected chi connectivity index (χ3v) is 2.73. The van der Waals surface area contributed by atoms with Gasteiger partial charge >= 0.3 is 16.6 Å². The molecule has 18 heavy (non-hydrogen) atoms. The quantitative estimate of drug-likeness (QED) is 0.425. The van der Waals surface area contributed by atoms with Crippen LogP contribution in [0.15, 0.2) is 0 Å². The van der Waals surface area contributed by atoms with E-state index in [4.69, 9.17) is 4.55 Å². The lowest BCUT2D eigenvalue weighted by molar-refractivity contribution is -0.186. The van der Waals surface area contributed by atoms with Gasteiger partial charge in [0.15, 0.2) is 6.17 Å². The normalized spacial score (nSPS) is 16.6. The van der Waals surface area contributed by atoms with Crippen molar-refractivity contribution < 1.29 is 34.7 Å². The summed E-state index contributed by atoms with van der Waals surface area (Å²) in [5, 5.41) is 0. The maximum atomic E-state index is 12.8. The fourth-order valence-electron chi connectivity index (χ4n) is 1.36. The van der Waals surface area contributed by atoms with Crippen LogP contribution in [0.2, 0.25) is 0 Å². The van der Waals surface area contributed by atoms with Gasteiger partial charge in [-0.1, -0.05) is 26.2 Å². The van der Waals surface area contributed by atoms with Crippen LogP contribution in [0.5, 0.6) is 0 Å². The zero-order chi connectivity index (χ0) is 14.4. The van der Waals surface area contributed by atoms with E-state index in [0.29, 0.717) is 12.8 Å². The maximum absolute atomic E-state index is 12.8. The van der Waals surface area contributed by atoms with E-state index in [9.17, 15) is 26.0 Å². The first-order valence-corrected chi connectivity index (χ1v) is 6.79. The Morgan fingerprint density at radius 1 is 1.28 bits per heavy atom. The van der Waals surface area contributed by atoms with Crippen LogP contribution in [0.25, 0.3) is 0 Å². The first kappa shape index (κ1) is 17.6. The van der Waals surface area contributed by atoms with Gasteiger partial charge in [0.25, 0.3) is 0 Å².